The minimum absolute atomic E-state index is 0. The van der Waals surface area contributed by atoms with Crippen molar-refractivity contribution in [1.29, 1.82) is 0 Å². The van der Waals surface area contributed by atoms with Gasteiger partial charge in [0, 0.05) is 19.5 Å². The highest BCUT2D eigenvalue weighted by molar-refractivity contribution is 5.87. The maximum atomic E-state index is 11.9. The van der Waals surface area contributed by atoms with Gasteiger partial charge in [-0.05, 0) is 32.7 Å². The minimum Gasteiger partial charge on any atom is -0.353 e. The lowest BCUT2D eigenvalue weighted by atomic mass is 9.87. The molecule has 1 saturated carbocycles. The van der Waals surface area contributed by atoms with Crippen LogP contribution in [0.2, 0.25) is 0 Å². The molecule has 5 nitrogen and oxygen atoms in total. The van der Waals surface area contributed by atoms with Crippen LogP contribution in [0.5, 0.6) is 0 Å². The van der Waals surface area contributed by atoms with Gasteiger partial charge in [0.05, 0.1) is 0 Å². The van der Waals surface area contributed by atoms with Gasteiger partial charge in [0.1, 0.15) is 6.04 Å². The Morgan fingerprint density at radius 3 is 2.40 bits per heavy atom. The van der Waals surface area contributed by atoms with Gasteiger partial charge in [-0.2, -0.15) is 0 Å². The van der Waals surface area contributed by atoms with Crippen molar-refractivity contribution < 1.29 is 9.59 Å². The Labute approximate surface area is 128 Å². The van der Waals surface area contributed by atoms with E-state index in [9.17, 15) is 9.59 Å². The van der Waals surface area contributed by atoms with Crippen molar-refractivity contribution in [2.45, 2.75) is 51.5 Å². The lowest BCUT2D eigenvalue weighted by Gasteiger charge is -2.22. The summed E-state index contributed by atoms with van der Waals surface area (Å²) in [5.74, 6) is 0.392. The Morgan fingerprint density at radius 1 is 1.15 bits per heavy atom. The van der Waals surface area contributed by atoms with E-state index in [4.69, 9.17) is 0 Å². The molecule has 118 valence electrons. The first-order valence-corrected chi connectivity index (χ1v) is 7.35. The van der Waals surface area contributed by atoms with E-state index in [1.54, 1.807) is 6.92 Å². The second-order valence-corrected chi connectivity index (χ2v) is 5.39. The Hall–Kier alpha value is -0.810. The lowest BCUT2D eigenvalue weighted by Crippen LogP contribution is -2.46. The number of nitrogens with one attached hydrogen (secondary N) is 3. The van der Waals surface area contributed by atoms with E-state index < -0.39 is 6.04 Å². The predicted molar refractivity (Wildman–Crippen MR) is 83.0 cm³/mol. The Balaban J connectivity index is 0.00000361. The second-order valence-electron chi connectivity index (χ2n) is 5.39. The fourth-order valence-electron chi connectivity index (χ4n) is 2.48. The van der Waals surface area contributed by atoms with Gasteiger partial charge < -0.3 is 16.0 Å². The van der Waals surface area contributed by atoms with Crippen LogP contribution in [-0.4, -0.2) is 38.0 Å². The zero-order chi connectivity index (χ0) is 14.1. The van der Waals surface area contributed by atoms with Gasteiger partial charge in [0.2, 0.25) is 11.8 Å². The second kappa shape index (κ2) is 10.9. The molecule has 1 fully saturated rings. The first-order valence-electron chi connectivity index (χ1n) is 7.35. The number of hydrogen-bond donors (Lipinski definition) is 3. The number of carbonyl (C=O) groups is 2. The first kappa shape index (κ1) is 19.2. The molecule has 0 aromatic carbocycles. The summed E-state index contributed by atoms with van der Waals surface area (Å²) < 4.78 is 0. The van der Waals surface area contributed by atoms with Crippen LogP contribution in [0.15, 0.2) is 0 Å². The fourth-order valence-corrected chi connectivity index (χ4v) is 2.48. The third-order valence-electron chi connectivity index (χ3n) is 3.64. The zero-order valence-corrected chi connectivity index (χ0v) is 13.4. The van der Waals surface area contributed by atoms with Crippen molar-refractivity contribution in [3.8, 4) is 0 Å². The van der Waals surface area contributed by atoms with Gasteiger partial charge in [0.25, 0.3) is 0 Å². The smallest absolute Gasteiger partial charge is 0.242 e. The molecule has 2 amide bonds. The monoisotopic (exact) mass is 305 g/mol. The quantitative estimate of drug-likeness (QED) is 0.619. The molecule has 0 heterocycles. The molecule has 1 aliphatic rings. The molecule has 1 unspecified atom stereocenters. The molecule has 0 aliphatic heterocycles. The van der Waals surface area contributed by atoms with Crippen molar-refractivity contribution in [3.05, 3.63) is 0 Å². The molecule has 1 atom stereocenters. The van der Waals surface area contributed by atoms with Crippen LogP contribution < -0.4 is 16.0 Å². The van der Waals surface area contributed by atoms with Gasteiger partial charge in [-0.1, -0.05) is 19.3 Å². The Morgan fingerprint density at radius 2 is 1.80 bits per heavy atom. The third kappa shape index (κ3) is 7.70. The van der Waals surface area contributed by atoms with Crippen molar-refractivity contribution in [3.63, 3.8) is 0 Å². The molecule has 20 heavy (non-hydrogen) atoms. The summed E-state index contributed by atoms with van der Waals surface area (Å²) >= 11 is 0. The van der Waals surface area contributed by atoms with E-state index in [1.165, 1.54) is 19.3 Å². The lowest BCUT2D eigenvalue weighted by molar-refractivity contribution is -0.129. The third-order valence-corrected chi connectivity index (χ3v) is 3.64. The van der Waals surface area contributed by atoms with E-state index in [2.05, 4.69) is 16.0 Å². The van der Waals surface area contributed by atoms with E-state index in [0.29, 0.717) is 18.9 Å². The molecule has 0 aromatic rings. The number of carbonyl (C=O) groups excluding carboxylic acids is 2. The van der Waals surface area contributed by atoms with Crippen LogP contribution in [0.1, 0.15) is 45.4 Å². The van der Waals surface area contributed by atoms with Crippen LogP contribution in [0.25, 0.3) is 0 Å². The standard InChI is InChI=1S/C14H27N3O2.ClH/c1-11(14(19)16-9-8-15-2)17-13(18)10-12-6-4-3-5-7-12;/h11-12,15H,3-10H2,1-2H3,(H,16,19)(H,17,18);1H. The predicted octanol–water partition coefficient (Wildman–Crippen LogP) is 1.22. The van der Waals surface area contributed by atoms with Crippen LogP contribution in [0.4, 0.5) is 0 Å². The van der Waals surface area contributed by atoms with E-state index in [0.717, 1.165) is 19.4 Å². The van der Waals surface area contributed by atoms with Gasteiger partial charge in [-0.3, -0.25) is 9.59 Å². The summed E-state index contributed by atoms with van der Waals surface area (Å²) in [6, 6.07) is -0.451. The van der Waals surface area contributed by atoms with Crippen molar-refractivity contribution >= 4 is 24.2 Å². The molecular formula is C14H28ClN3O2. The number of amides is 2. The van der Waals surface area contributed by atoms with Crippen LogP contribution in [0.3, 0.4) is 0 Å². The number of rotatable bonds is 7. The maximum absolute atomic E-state index is 11.9. The first-order chi connectivity index (χ1) is 9.13. The Kier molecular flexibility index (Phi) is 10.5. The highest BCUT2D eigenvalue weighted by atomic mass is 35.5. The average Bonchev–Trinajstić information content (AvgIpc) is 2.39. The van der Waals surface area contributed by atoms with Crippen molar-refractivity contribution in [1.82, 2.24) is 16.0 Å². The molecular weight excluding hydrogens is 278 g/mol. The van der Waals surface area contributed by atoms with E-state index in [1.807, 2.05) is 7.05 Å². The largest absolute Gasteiger partial charge is 0.353 e. The summed E-state index contributed by atoms with van der Waals surface area (Å²) in [5, 5.41) is 8.51. The van der Waals surface area contributed by atoms with Crippen LogP contribution >= 0.6 is 12.4 Å². The summed E-state index contributed by atoms with van der Waals surface area (Å²) in [4.78, 5) is 23.5. The van der Waals surface area contributed by atoms with E-state index >= 15 is 0 Å². The van der Waals surface area contributed by atoms with Gasteiger partial charge in [-0.25, -0.2) is 0 Å². The van der Waals surface area contributed by atoms with Gasteiger partial charge >= 0.3 is 0 Å². The summed E-state index contributed by atoms with van der Waals surface area (Å²) in [7, 11) is 1.83. The van der Waals surface area contributed by atoms with Gasteiger partial charge in [-0.15, -0.1) is 12.4 Å². The van der Waals surface area contributed by atoms with Crippen molar-refractivity contribution in [2.75, 3.05) is 20.1 Å². The molecule has 0 bridgehead atoms. The number of hydrogen-bond acceptors (Lipinski definition) is 3. The maximum Gasteiger partial charge on any atom is 0.242 e. The topological polar surface area (TPSA) is 70.2 Å². The highest BCUT2D eigenvalue weighted by Gasteiger charge is 2.20. The van der Waals surface area contributed by atoms with E-state index in [-0.39, 0.29) is 24.2 Å². The molecule has 3 N–H and O–H groups in total. The summed E-state index contributed by atoms with van der Waals surface area (Å²) in [6.07, 6.45) is 6.62. The molecule has 0 spiro atoms. The van der Waals surface area contributed by atoms with Crippen LogP contribution in [0, 0.1) is 5.92 Å². The number of halogens is 1. The summed E-state index contributed by atoms with van der Waals surface area (Å²) in [5.41, 5.74) is 0. The molecule has 1 rings (SSSR count). The van der Waals surface area contributed by atoms with Gasteiger partial charge in [0.15, 0.2) is 0 Å². The molecule has 1 aliphatic carbocycles. The van der Waals surface area contributed by atoms with Crippen molar-refractivity contribution in [2.24, 2.45) is 5.92 Å². The molecule has 0 radical (unpaired) electrons. The van der Waals surface area contributed by atoms with Crippen LogP contribution in [-0.2, 0) is 9.59 Å². The SMILES string of the molecule is CNCCNC(=O)C(C)NC(=O)CC1CCCCC1.Cl. The average molecular weight is 306 g/mol. The molecule has 6 heteroatoms. The summed E-state index contributed by atoms with van der Waals surface area (Å²) in [6.45, 7) is 3.04. The Bertz CT molecular complexity index is 294. The zero-order valence-electron chi connectivity index (χ0n) is 12.5. The molecule has 0 saturated heterocycles. The minimum atomic E-state index is -0.451. The number of likely N-dealkylation sites (N-methyl/N-ethyl adjacent to an activating group) is 1. The normalized spacial score (nSPS) is 16.9. The highest BCUT2D eigenvalue weighted by Crippen LogP contribution is 2.26. The molecule has 0 aromatic heterocycles. The fraction of sp³-hybridized carbons (Fsp3) is 0.857.